The van der Waals surface area contributed by atoms with E-state index in [0.29, 0.717) is 5.69 Å². The van der Waals surface area contributed by atoms with Crippen molar-refractivity contribution in [1.29, 1.82) is 0 Å². The number of aliphatic hydroxyl groups is 1. The highest BCUT2D eigenvalue weighted by molar-refractivity contribution is 5.84. The van der Waals surface area contributed by atoms with E-state index in [-0.39, 0.29) is 54.1 Å². The van der Waals surface area contributed by atoms with Gasteiger partial charge in [0, 0.05) is 42.8 Å². The highest BCUT2D eigenvalue weighted by atomic mass is 19.1. The number of amides is 2. The number of aromatic nitrogens is 1. The number of halogens is 1. The summed E-state index contributed by atoms with van der Waals surface area (Å²) in [4.78, 5) is 41.5. The van der Waals surface area contributed by atoms with Crippen molar-refractivity contribution in [3.63, 3.8) is 0 Å². The van der Waals surface area contributed by atoms with Gasteiger partial charge in [-0.3, -0.25) is 14.4 Å². The number of nitrogens with zero attached hydrogens (tertiary/aromatic N) is 2. The third-order valence-electron chi connectivity index (χ3n) is 7.55. The molecule has 2 aromatic rings. The molecule has 2 bridgehead atoms. The first kappa shape index (κ1) is 21.8. The van der Waals surface area contributed by atoms with Crippen molar-refractivity contribution in [1.82, 2.24) is 14.8 Å². The molecule has 33 heavy (non-hydrogen) atoms. The van der Waals surface area contributed by atoms with Gasteiger partial charge in [0.05, 0.1) is 23.6 Å². The summed E-state index contributed by atoms with van der Waals surface area (Å²) in [5.74, 6) is -1.91. The Bertz CT molecular complexity index is 1160. The predicted octanol–water partition coefficient (Wildman–Crippen LogP) is 2.22. The lowest BCUT2D eigenvalue weighted by molar-refractivity contribution is -0.136. The van der Waals surface area contributed by atoms with Gasteiger partial charge in [0.2, 0.25) is 11.8 Å². The Kier molecular flexibility index (Phi) is 5.56. The summed E-state index contributed by atoms with van der Waals surface area (Å²) < 4.78 is 16.0. The molecule has 1 saturated carbocycles. The smallest absolute Gasteiger partial charge is 0.258 e. The number of benzene rings is 1. The molecule has 3 aliphatic rings. The van der Waals surface area contributed by atoms with Gasteiger partial charge >= 0.3 is 0 Å². The lowest BCUT2D eigenvalue weighted by Crippen LogP contribution is -2.49. The first-order chi connectivity index (χ1) is 16.0. The molecule has 1 aliphatic carbocycles. The van der Waals surface area contributed by atoms with Gasteiger partial charge in [-0.2, -0.15) is 0 Å². The minimum absolute atomic E-state index is 0.112. The fourth-order valence-electron chi connectivity index (χ4n) is 5.67. The Labute approximate surface area is 191 Å². The summed E-state index contributed by atoms with van der Waals surface area (Å²) in [5, 5.41) is 13.4. The molecule has 4 atom stereocenters. The standard InChI is InChI=1S/C25H28FN3O4/c1-2-21(31)29-20-12-28-19(11-10-16(25(28)33)15-8-3-4-9-18(15)26)23(29)22(17(20)13-30)24(32)27-14-6-5-7-14/h3-4,8-11,14,17,20,22-23,30H,2,5-7,12-13H2,1H3,(H,27,32)/t17-,20-,22+,23+/m1/s1. The Morgan fingerprint density at radius 1 is 1.15 bits per heavy atom. The van der Waals surface area contributed by atoms with Crippen molar-refractivity contribution in [3.05, 3.63) is 58.3 Å². The number of aliphatic hydroxyl groups excluding tert-OH is 1. The van der Waals surface area contributed by atoms with Crippen molar-refractivity contribution >= 4 is 11.8 Å². The van der Waals surface area contributed by atoms with Crippen LogP contribution in [-0.4, -0.2) is 45.1 Å². The zero-order valence-corrected chi connectivity index (χ0v) is 18.5. The van der Waals surface area contributed by atoms with Crippen LogP contribution < -0.4 is 10.9 Å². The highest BCUT2D eigenvalue weighted by Crippen LogP contribution is 2.49. The second-order valence-corrected chi connectivity index (χ2v) is 9.24. The third-order valence-corrected chi connectivity index (χ3v) is 7.55. The zero-order valence-electron chi connectivity index (χ0n) is 18.5. The molecule has 5 rings (SSSR count). The van der Waals surface area contributed by atoms with E-state index >= 15 is 0 Å². The molecule has 0 spiro atoms. The molecule has 2 N–H and O–H groups in total. The molecule has 2 aliphatic heterocycles. The van der Waals surface area contributed by atoms with Crippen LogP contribution in [0.4, 0.5) is 4.39 Å². The minimum Gasteiger partial charge on any atom is -0.396 e. The van der Waals surface area contributed by atoms with Crippen LogP contribution in [0, 0.1) is 17.7 Å². The van der Waals surface area contributed by atoms with Gasteiger partial charge in [-0.25, -0.2) is 4.39 Å². The van der Waals surface area contributed by atoms with Crippen LogP contribution in [-0.2, 0) is 16.1 Å². The maximum atomic E-state index is 14.4. The fraction of sp³-hybridized carbons (Fsp3) is 0.480. The van der Waals surface area contributed by atoms with E-state index in [9.17, 15) is 23.9 Å². The van der Waals surface area contributed by atoms with Gasteiger partial charge in [-0.15, -0.1) is 0 Å². The second-order valence-electron chi connectivity index (χ2n) is 9.24. The Morgan fingerprint density at radius 3 is 2.55 bits per heavy atom. The number of rotatable bonds is 5. The molecule has 3 heterocycles. The third kappa shape index (κ3) is 3.39. The Morgan fingerprint density at radius 2 is 1.91 bits per heavy atom. The number of pyridine rings is 1. The van der Waals surface area contributed by atoms with Gasteiger partial charge in [0.15, 0.2) is 0 Å². The van der Waals surface area contributed by atoms with Gasteiger partial charge < -0.3 is 19.9 Å². The summed E-state index contributed by atoms with van der Waals surface area (Å²) in [5.41, 5.74) is 0.661. The van der Waals surface area contributed by atoms with Crippen LogP contribution in [0.25, 0.3) is 11.1 Å². The Hall–Kier alpha value is -3.00. The largest absolute Gasteiger partial charge is 0.396 e. The van der Waals surface area contributed by atoms with E-state index in [1.54, 1.807) is 46.7 Å². The van der Waals surface area contributed by atoms with Crippen LogP contribution in [0.3, 0.4) is 0 Å². The molecule has 1 aromatic heterocycles. The van der Waals surface area contributed by atoms with Crippen molar-refractivity contribution in [2.24, 2.45) is 11.8 Å². The van der Waals surface area contributed by atoms with Gasteiger partial charge in [-0.05, 0) is 37.5 Å². The monoisotopic (exact) mass is 453 g/mol. The average molecular weight is 454 g/mol. The number of hydrogen-bond donors (Lipinski definition) is 2. The number of carbonyl (C=O) groups is 2. The minimum atomic E-state index is -0.649. The predicted molar refractivity (Wildman–Crippen MR) is 120 cm³/mol. The fourth-order valence-corrected chi connectivity index (χ4v) is 5.67. The van der Waals surface area contributed by atoms with Crippen LogP contribution in [0.2, 0.25) is 0 Å². The number of carbonyl (C=O) groups excluding carboxylic acids is 2. The summed E-state index contributed by atoms with van der Waals surface area (Å²) in [6.45, 7) is 1.67. The summed E-state index contributed by atoms with van der Waals surface area (Å²) >= 11 is 0. The molecule has 1 saturated heterocycles. The molecule has 7 nitrogen and oxygen atoms in total. The number of fused-ring (bicyclic) bond motifs is 4. The molecule has 2 fully saturated rings. The quantitative estimate of drug-likeness (QED) is 0.726. The first-order valence-electron chi connectivity index (χ1n) is 11.7. The molecular weight excluding hydrogens is 425 g/mol. The first-order valence-corrected chi connectivity index (χ1v) is 11.7. The molecule has 174 valence electrons. The topological polar surface area (TPSA) is 91.6 Å². The van der Waals surface area contributed by atoms with Gasteiger partial charge in [0.1, 0.15) is 5.82 Å². The average Bonchev–Trinajstić information content (AvgIpc) is 3.03. The SMILES string of the molecule is CCC(=O)N1[C@@H]2Cn3c(ccc(-c4ccccc4F)c3=O)[C@H]1[C@@H](C(=O)NC1CCC1)[C@@H]2CO. The lowest BCUT2D eigenvalue weighted by Gasteiger charge is -2.38. The molecular formula is C25H28FN3O4. The van der Waals surface area contributed by atoms with Crippen molar-refractivity contribution in [2.75, 3.05) is 6.61 Å². The van der Waals surface area contributed by atoms with E-state index in [1.165, 1.54) is 6.07 Å². The van der Waals surface area contributed by atoms with Crippen LogP contribution in [0.5, 0.6) is 0 Å². The Balaban J connectivity index is 1.62. The van der Waals surface area contributed by atoms with E-state index in [2.05, 4.69) is 5.32 Å². The second kappa shape index (κ2) is 8.41. The van der Waals surface area contributed by atoms with Crippen LogP contribution >= 0.6 is 0 Å². The van der Waals surface area contributed by atoms with Crippen molar-refractivity contribution < 1.29 is 19.1 Å². The lowest BCUT2D eigenvalue weighted by atomic mass is 9.85. The zero-order chi connectivity index (χ0) is 23.3. The van der Waals surface area contributed by atoms with E-state index in [4.69, 9.17) is 0 Å². The molecule has 0 unspecified atom stereocenters. The summed E-state index contributed by atoms with van der Waals surface area (Å²) in [6, 6.07) is 8.43. The van der Waals surface area contributed by atoms with E-state index in [1.807, 2.05) is 0 Å². The highest BCUT2D eigenvalue weighted by Gasteiger charge is 2.57. The maximum absolute atomic E-state index is 14.4. The van der Waals surface area contributed by atoms with Gasteiger partial charge in [0.25, 0.3) is 5.56 Å². The van der Waals surface area contributed by atoms with E-state index in [0.717, 1.165) is 19.3 Å². The molecule has 2 amide bonds. The normalized spacial score (nSPS) is 26.0. The van der Waals surface area contributed by atoms with Gasteiger partial charge in [-0.1, -0.05) is 25.1 Å². The summed E-state index contributed by atoms with van der Waals surface area (Å²) in [7, 11) is 0. The number of nitrogens with one attached hydrogen (secondary N) is 1. The molecule has 8 heteroatoms. The van der Waals surface area contributed by atoms with Crippen LogP contribution in [0.1, 0.15) is 44.3 Å². The van der Waals surface area contributed by atoms with Crippen molar-refractivity contribution in [2.45, 2.75) is 57.3 Å². The summed E-state index contributed by atoms with van der Waals surface area (Å²) in [6.07, 6.45) is 3.19. The van der Waals surface area contributed by atoms with E-state index < -0.39 is 29.7 Å². The number of hydrogen-bond acceptors (Lipinski definition) is 4. The molecule has 1 aromatic carbocycles. The molecule has 0 radical (unpaired) electrons. The maximum Gasteiger partial charge on any atom is 0.258 e. The van der Waals surface area contributed by atoms with Crippen LogP contribution in [0.15, 0.2) is 41.2 Å². The van der Waals surface area contributed by atoms with Crippen molar-refractivity contribution in [3.8, 4) is 11.1 Å².